The molecule has 0 spiro atoms. The first-order valence-electron chi connectivity index (χ1n) is 10.0. The van der Waals surface area contributed by atoms with Crippen molar-refractivity contribution in [2.45, 2.75) is 18.6 Å². The number of nitrogens with zero attached hydrogens (tertiary/aromatic N) is 4. The van der Waals surface area contributed by atoms with Crippen LogP contribution < -0.4 is 10.2 Å². The van der Waals surface area contributed by atoms with E-state index < -0.39 is 0 Å². The highest BCUT2D eigenvalue weighted by molar-refractivity contribution is 9.10. The van der Waals surface area contributed by atoms with Gasteiger partial charge >= 0.3 is 0 Å². The van der Waals surface area contributed by atoms with Gasteiger partial charge in [0, 0.05) is 47.2 Å². The fraction of sp³-hybridized carbons (Fsp3) is 0.125. The minimum absolute atomic E-state index is 0.0461. The van der Waals surface area contributed by atoms with Crippen molar-refractivity contribution < 1.29 is 0 Å². The van der Waals surface area contributed by atoms with E-state index >= 15 is 0 Å². The van der Waals surface area contributed by atoms with Crippen LogP contribution in [0.4, 0.5) is 5.69 Å². The Balaban J connectivity index is 1.60. The predicted molar refractivity (Wildman–Crippen MR) is 130 cm³/mol. The molecule has 0 bridgehead atoms. The summed E-state index contributed by atoms with van der Waals surface area (Å²) >= 11 is 9.35. The molecule has 0 radical (unpaired) electrons. The van der Waals surface area contributed by atoms with Gasteiger partial charge in [0.25, 0.3) is 0 Å². The van der Waals surface area contributed by atoms with Gasteiger partial charge in [-0.15, -0.1) is 0 Å². The Morgan fingerprint density at radius 2 is 1.84 bits per heavy atom. The van der Waals surface area contributed by atoms with Gasteiger partial charge < -0.3 is 14.8 Å². The van der Waals surface area contributed by atoms with Gasteiger partial charge in [-0.25, -0.2) is 0 Å². The third-order valence-electron chi connectivity index (χ3n) is 5.45. The number of rotatable bonds is 5. The Morgan fingerprint density at radius 3 is 2.58 bits per heavy atom. The smallest absolute Gasteiger partial charge is 0.174 e. The summed E-state index contributed by atoms with van der Waals surface area (Å²) in [4.78, 5) is 11.1. The molecule has 5 nitrogen and oxygen atoms in total. The number of aromatic nitrogens is 3. The van der Waals surface area contributed by atoms with Gasteiger partial charge in [0.1, 0.15) is 6.04 Å². The zero-order chi connectivity index (χ0) is 21.2. The minimum atomic E-state index is -0.0695. The fourth-order valence-electron chi connectivity index (χ4n) is 4.06. The molecular weight excluding hydrogens is 470 g/mol. The Morgan fingerprint density at radius 1 is 0.968 bits per heavy atom. The molecular formula is C24H20BrN5S. The molecule has 0 unspecified atom stereocenters. The molecule has 0 aliphatic carbocycles. The maximum absolute atomic E-state index is 5.81. The van der Waals surface area contributed by atoms with E-state index in [1.807, 2.05) is 48.8 Å². The van der Waals surface area contributed by atoms with Crippen molar-refractivity contribution in [1.82, 2.24) is 19.9 Å². The topological polar surface area (TPSA) is 46.0 Å². The van der Waals surface area contributed by atoms with Crippen LogP contribution in [0.1, 0.15) is 29.0 Å². The molecule has 154 valence electrons. The van der Waals surface area contributed by atoms with E-state index in [1.54, 1.807) is 6.20 Å². The number of hydrogen-bond donors (Lipinski definition) is 1. The average molecular weight is 490 g/mol. The summed E-state index contributed by atoms with van der Waals surface area (Å²) in [5, 5.41) is 4.21. The van der Waals surface area contributed by atoms with Crippen LogP contribution in [0.2, 0.25) is 0 Å². The number of pyridine rings is 2. The van der Waals surface area contributed by atoms with Crippen molar-refractivity contribution in [1.29, 1.82) is 0 Å². The molecule has 4 aromatic rings. The molecule has 1 fully saturated rings. The Hall–Kier alpha value is -3.03. The summed E-state index contributed by atoms with van der Waals surface area (Å²) in [7, 11) is 0. The normalized spacial score (nSPS) is 18.2. The number of halogens is 1. The molecule has 7 heteroatoms. The number of thiocarbonyl (C=S) groups is 1. The Bertz CT molecular complexity index is 1180. The van der Waals surface area contributed by atoms with Crippen LogP contribution in [0, 0.1) is 0 Å². The summed E-state index contributed by atoms with van der Waals surface area (Å²) < 4.78 is 3.30. The second-order valence-electron chi connectivity index (χ2n) is 7.40. The number of benzene rings is 1. The van der Waals surface area contributed by atoms with E-state index in [-0.39, 0.29) is 12.1 Å². The lowest BCUT2D eigenvalue weighted by molar-refractivity contribution is 0.533. The van der Waals surface area contributed by atoms with Crippen molar-refractivity contribution in [3.8, 4) is 0 Å². The van der Waals surface area contributed by atoms with Crippen molar-refractivity contribution in [3.63, 3.8) is 0 Å². The average Bonchev–Trinajstić information content (AvgIpc) is 3.39. The first-order valence-corrected chi connectivity index (χ1v) is 11.2. The van der Waals surface area contributed by atoms with Crippen LogP contribution in [0.5, 0.6) is 0 Å². The van der Waals surface area contributed by atoms with Crippen molar-refractivity contribution in [2.75, 3.05) is 4.90 Å². The van der Waals surface area contributed by atoms with Crippen LogP contribution in [0.25, 0.3) is 0 Å². The number of anilines is 1. The highest BCUT2D eigenvalue weighted by Gasteiger charge is 2.41. The van der Waals surface area contributed by atoms with Crippen molar-refractivity contribution in [3.05, 3.63) is 113 Å². The van der Waals surface area contributed by atoms with E-state index in [2.05, 4.69) is 77.2 Å². The fourth-order valence-corrected chi connectivity index (χ4v) is 4.67. The molecule has 4 heterocycles. The van der Waals surface area contributed by atoms with Crippen LogP contribution in [0.15, 0.2) is 96.0 Å². The largest absolute Gasteiger partial charge is 0.351 e. The number of nitrogens with one attached hydrogen (secondary N) is 1. The molecule has 2 atom stereocenters. The quantitative estimate of drug-likeness (QED) is 0.387. The first kappa shape index (κ1) is 19.9. The zero-order valence-corrected chi connectivity index (χ0v) is 19.0. The van der Waals surface area contributed by atoms with Gasteiger partial charge in [-0.05, 0) is 72.4 Å². The Kier molecular flexibility index (Phi) is 5.53. The maximum Gasteiger partial charge on any atom is 0.174 e. The van der Waals surface area contributed by atoms with Crippen molar-refractivity contribution >= 4 is 38.9 Å². The number of hydrogen-bond acceptors (Lipinski definition) is 3. The monoisotopic (exact) mass is 489 g/mol. The van der Waals surface area contributed by atoms with Gasteiger partial charge in [0.2, 0.25) is 0 Å². The lowest BCUT2D eigenvalue weighted by Gasteiger charge is -2.29. The van der Waals surface area contributed by atoms with Gasteiger partial charge in [0.05, 0.1) is 11.7 Å². The van der Waals surface area contributed by atoms with Gasteiger partial charge in [0.15, 0.2) is 5.11 Å². The van der Waals surface area contributed by atoms with Gasteiger partial charge in [-0.2, -0.15) is 0 Å². The van der Waals surface area contributed by atoms with E-state index in [0.717, 1.165) is 33.7 Å². The maximum atomic E-state index is 5.81. The molecule has 5 rings (SSSR count). The van der Waals surface area contributed by atoms with Gasteiger partial charge in [-0.3, -0.25) is 9.97 Å². The minimum Gasteiger partial charge on any atom is -0.351 e. The molecule has 3 aromatic heterocycles. The second kappa shape index (κ2) is 8.61. The van der Waals surface area contributed by atoms with Crippen LogP contribution in [-0.4, -0.2) is 19.6 Å². The van der Waals surface area contributed by atoms with Crippen LogP contribution in [-0.2, 0) is 6.54 Å². The molecule has 0 amide bonds. The second-order valence-corrected chi connectivity index (χ2v) is 8.70. The van der Waals surface area contributed by atoms with E-state index in [1.165, 1.54) is 0 Å². The SMILES string of the molecule is S=C1N[C@H](c2ccccn2)[C@H](c2cccn2Cc2cccnc2)N1c1ccc(Br)cc1. The molecule has 1 aliphatic rings. The lowest BCUT2D eigenvalue weighted by atomic mass is 10.0. The Labute approximate surface area is 194 Å². The third kappa shape index (κ3) is 3.98. The van der Waals surface area contributed by atoms with E-state index in [4.69, 9.17) is 12.2 Å². The molecule has 1 N–H and O–H groups in total. The summed E-state index contributed by atoms with van der Waals surface area (Å²) in [6.45, 7) is 0.739. The highest BCUT2D eigenvalue weighted by Crippen LogP contribution is 2.41. The zero-order valence-electron chi connectivity index (χ0n) is 16.6. The molecule has 31 heavy (non-hydrogen) atoms. The summed E-state index contributed by atoms with van der Waals surface area (Å²) in [5.74, 6) is 0. The van der Waals surface area contributed by atoms with Crippen LogP contribution >= 0.6 is 28.1 Å². The molecule has 1 saturated heterocycles. The summed E-state index contributed by atoms with van der Waals surface area (Å²) in [5.41, 5.74) is 4.31. The predicted octanol–water partition coefficient (Wildman–Crippen LogP) is 5.27. The van der Waals surface area contributed by atoms with Gasteiger partial charge in [-0.1, -0.05) is 28.1 Å². The molecule has 1 aromatic carbocycles. The van der Waals surface area contributed by atoms with E-state index in [0.29, 0.717) is 5.11 Å². The molecule has 1 aliphatic heterocycles. The summed E-state index contributed by atoms with van der Waals surface area (Å²) in [6, 6.07) is 22.4. The third-order valence-corrected chi connectivity index (χ3v) is 6.29. The first-order chi connectivity index (χ1) is 15.2. The standard InChI is InChI=1S/C24H20BrN5S/c25-18-8-10-19(11-9-18)30-23(22(28-24(30)31)20-6-1-2-13-27-20)21-7-4-14-29(21)16-17-5-3-12-26-15-17/h1-15,22-23H,16H2,(H,28,31)/t22-,23+/m1/s1. The van der Waals surface area contributed by atoms with Crippen LogP contribution in [0.3, 0.4) is 0 Å². The van der Waals surface area contributed by atoms with Crippen molar-refractivity contribution in [2.24, 2.45) is 0 Å². The molecule has 0 saturated carbocycles. The lowest BCUT2D eigenvalue weighted by Crippen LogP contribution is -2.30. The summed E-state index contributed by atoms with van der Waals surface area (Å²) in [6.07, 6.45) is 7.64. The highest BCUT2D eigenvalue weighted by atomic mass is 79.9. The van der Waals surface area contributed by atoms with E-state index in [9.17, 15) is 0 Å².